The predicted octanol–water partition coefficient (Wildman–Crippen LogP) is 2.33. The van der Waals surface area contributed by atoms with Crippen molar-refractivity contribution < 1.29 is 9.53 Å². The zero-order valence-electron chi connectivity index (χ0n) is 15.2. The van der Waals surface area contributed by atoms with Gasteiger partial charge < -0.3 is 15.0 Å². The lowest BCUT2D eigenvalue weighted by molar-refractivity contribution is -0.142. The Balaban J connectivity index is 1.61. The second kappa shape index (κ2) is 7.27. The van der Waals surface area contributed by atoms with E-state index in [1.807, 2.05) is 11.0 Å². The highest BCUT2D eigenvalue weighted by atomic mass is 16.5. The minimum Gasteiger partial charge on any atom is -0.467 e. The van der Waals surface area contributed by atoms with Crippen molar-refractivity contribution in [3.05, 3.63) is 23.5 Å². The maximum Gasteiger partial charge on any atom is 0.328 e. The predicted molar refractivity (Wildman–Crippen MR) is 101 cm³/mol. The fourth-order valence-electron chi connectivity index (χ4n) is 3.39. The molecule has 2 aliphatic rings. The molecule has 0 spiro atoms. The van der Waals surface area contributed by atoms with Gasteiger partial charge >= 0.3 is 5.97 Å². The number of esters is 1. The van der Waals surface area contributed by atoms with Crippen molar-refractivity contribution in [2.75, 3.05) is 23.9 Å². The minimum atomic E-state index is -0.375. The molecule has 1 saturated heterocycles. The molecule has 1 saturated carbocycles. The average molecular weight is 366 g/mol. The van der Waals surface area contributed by atoms with Crippen molar-refractivity contribution in [2.45, 2.75) is 44.1 Å². The lowest BCUT2D eigenvalue weighted by Gasteiger charge is -2.33. The number of hydrogen-bond donors (Lipinski definition) is 2. The Labute approximate surface area is 157 Å². The van der Waals surface area contributed by atoms with Crippen LogP contribution in [-0.4, -0.2) is 45.8 Å². The van der Waals surface area contributed by atoms with Gasteiger partial charge in [0.1, 0.15) is 6.04 Å². The summed E-state index contributed by atoms with van der Waals surface area (Å²) in [6, 6.07) is 1.61. The van der Waals surface area contributed by atoms with E-state index in [4.69, 9.17) is 11.2 Å². The van der Waals surface area contributed by atoms with E-state index < -0.39 is 0 Å². The zero-order chi connectivity index (χ0) is 18.8. The molecule has 4 rings (SSSR count). The molecular formula is C19H22N6O2. The fraction of sp³-hybridized carbons (Fsp3) is 0.474. The second-order valence-corrected chi connectivity index (χ2v) is 6.91. The zero-order valence-corrected chi connectivity index (χ0v) is 15.2. The summed E-state index contributed by atoms with van der Waals surface area (Å²) in [6.07, 6.45) is 12.3. The molecule has 0 amide bonds. The summed E-state index contributed by atoms with van der Waals surface area (Å²) in [6.45, 7) is 0.697. The number of ether oxygens (including phenoxy) is 1. The van der Waals surface area contributed by atoms with Gasteiger partial charge in [-0.1, -0.05) is 5.92 Å². The van der Waals surface area contributed by atoms with Crippen LogP contribution in [0.5, 0.6) is 0 Å². The lowest BCUT2D eigenvalue weighted by Crippen LogP contribution is -2.46. The summed E-state index contributed by atoms with van der Waals surface area (Å²) in [7, 11) is 1.40. The molecule has 2 fully saturated rings. The molecular weight excluding hydrogens is 344 g/mol. The number of hydrogen-bond acceptors (Lipinski definition) is 7. The molecule has 140 valence electrons. The van der Waals surface area contributed by atoms with Gasteiger partial charge in [0.15, 0.2) is 11.6 Å². The standard InChI is InChI=1S/C19H22N6O2/c1-3-12-11-20-19(25-9-5-4-6-15(25)18(26)27-2)22-17(12)21-16-10-14(23-24-16)13-7-8-13/h1,10-11,13,15H,4-9H2,2H3,(H2,20,21,22,23,24). The van der Waals surface area contributed by atoms with Crippen LogP contribution in [0.4, 0.5) is 17.6 Å². The molecule has 0 aromatic carbocycles. The molecule has 27 heavy (non-hydrogen) atoms. The van der Waals surface area contributed by atoms with E-state index in [-0.39, 0.29) is 12.0 Å². The van der Waals surface area contributed by atoms with Crippen LogP contribution >= 0.6 is 0 Å². The van der Waals surface area contributed by atoms with Crippen molar-refractivity contribution in [3.63, 3.8) is 0 Å². The first-order valence-electron chi connectivity index (χ1n) is 9.20. The molecule has 2 aromatic heterocycles. The third-order valence-corrected chi connectivity index (χ3v) is 5.03. The van der Waals surface area contributed by atoms with Crippen molar-refractivity contribution >= 4 is 23.6 Å². The van der Waals surface area contributed by atoms with E-state index in [0.717, 1.165) is 25.0 Å². The molecule has 8 nitrogen and oxygen atoms in total. The van der Waals surface area contributed by atoms with Crippen LogP contribution in [0.3, 0.4) is 0 Å². The third kappa shape index (κ3) is 3.58. The van der Waals surface area contributed by atoms with Gasteiger partial charge in [0.2, 0.25) is 5.95 Å². The molecule has 1 aliphatic heterocycles. The molecule has 8 heteroatoms. The first kappa shape index (κ1) is 17.3. The Hall–Kier alpha value is -3.08. The van der Waals surface area contributed by atoms with E-state index in [1.54, 1.807) is 6.20 Å². The van der Waals surface area contributed by atoms with Gasteiger partial charge in [0.25, 0.3) is 0 Å². The number of terminal acetylenes is 1. The Morgan fingerprint density at radius 2 is 2.26 bits per heavy atom. The minimum absolute atomic E-state index is 0.268. The van der Waals surface area contributed by atoms with Gasteiger partial charge in [-0.25, -0.2) is 9.78 Å². The highest BCUT2D eigenvalue weighted by molar-refractivity contribution is 5.79. The monoisotopic (exact) mass is 366 g/mol. The summed E-state index contributed by atoms with van der Waals surface area (Å²) in [5.41, 5.74) is 1.66. The number of carbonyl (C=O) groups is 1. The molecule has 3 heterocycles. The fourth-order valence-corrected chi connectivity index (χ4v) is 3.39. The van der Waals surface area contributed by atoms with Crippen LogP contribution < -0.4 is 10.2 Å². The molecule has 1 aliphatic carbocycles. The maximum absolute atomic E-state index is 12.1. The number of H-pyrrole nitrogens is 1. The summed E-state index contributed by atoms with van der Waals surface area (Å²) in [5.74, 6) is 4.54. The van der Waals surface area contributed by atoms with Gasteiger partial charge in [-0.05, 0) is 32.1 Å². The number of nitrogens with zero attached hydrogens (tertiary/aromatic N) is 4. The van der Waals surface area contributed by atoms with Crippen LogP contribution in [0.25, 0.3) is 0 Å². The first-order valence-corrected chi connectivity index (χ1v) is 9.20. The van der Waals surface area contributed by atoms with Crippen molar-refractivity contribution in [2.24, 2.45) is 0 Å². The smallest absolute Gasteiger partial charge is 0.328 e. The third-order valence-electron chi connectivity index (χ3n) is 5.03. The average Bonchev–Trinajstić information content (AvgIpc) is 3.46. The van der Waals surface area contributed by atoms with E-state index >= 15 is 0 Å². The quantitative estimate of drug-likeness (QED) is 0.619. The largest absolute Gasteiger partial charge is 0.467 e. The highest BCUT2D eigenvalue weighted by Gasteiger charge is 2.31. The van der Waals surface area contributed by atoms with Crippen molar-refractivity contribution in [1.82, 2.24) is 20.2 Å². The molecule has 1 atom stereocenters. The second-order valence-electron chi connectivity index (χ2n) is 6.91. The van der Waals surface area contributed by atoms with Crippen LogP contribution in [-0.2, 0) is 9.53 Å². The SMILES string of the molecule is C#Cc1cnc(N2CCCCC2C(=O)OC)nc1Nc1cc(C2CC2)[nH]n1. The normalized spacial score (nSPS) is 19.4. The first-order chi connectivity index (χ1) is 13.2. The van der Waals surface area contributed by atoms with E-state index in [2.05, 4.69) is 31.4 Å². The molecule has 1 unspecified atom stereocenters. The van der Waals surface area contributed by atoms with Crippen LogP contribution in [0.2, 0.25) is 0 Å². The summed E-state index contributed by atoms with van der Waals surface area (Å²) in [5, 5.41) is 10.5. The number of methoxy groups -OCH3 is 1. The van der Waals surface area contributed by atoms with Gasteiger partial charge in [-0.15, -0.1) is 6.42 Å². The summed E-state index contributed by atoms with van der Waals surface area (Å²) < 4.78 is 4.95. The Morgan fingerprint density at radius 1 is 1.41 bits per heavy atom. The molecule has 2 N–H and O–H groups in total. The number of nitrogens with one attached hydrogen (secondary N) is 2. The molecule has 0 radical (unpaired) electrons. The van der Waals surface area contributed by atoms with Crippen LogP contribution in [0.1, 0.15) is 49.3 Å². The summed E-state index contributed by atoms with van der Waals surface area (Å²) >= 11 is 0. The van der Waals surface area contributed by atoms with Gasteiger partial charge in [0, 0.05) is 24.2 Å². The number of piperidine rings is 1. The number of anilines is 3. The highest BCUT2D eigenvalue weighted by Crippen LogP contribution is 2.39. The number of aromatic nitrogens is 4. The van der Waals surface area contributed by atoms with Crippen LogP contribution in [0, 0.1) is 12.3 Å². The Bertz CT molecular complexity index is 883. The number of rotatable bonds is 5. The van der Waals surface area contributed by atoms with E-state index in [0.29, 0.717) is 35.6 Å². The molecule has 0 bridgehead atoms. The van der Waals surface area contributed by atoms with Crippen molar-refractivity contribution in [3.8, 4) is 12.3 Å². The Morgan fingerprint density at radius 3 is 3.00 bits per heavy atom. The number of aromatic amines is 1. The number of carbonyl (C=O) groups excluding carboxylic acids is 1. The van der Waals surface area contributed by atoms with E-state index in [9.17, 15) is 4.79 Å². The van der Waals surface area contributed by atoms with Crippen molar-refractivity contribution in [1.29, 1.82) is 0 Å². The molecule has 2 aromatic rings. The van der Waals surface area contributed by atoms with E-state index in [1.165, 1.54) is 20.0 Å². The van der Waals surface area contributed by atoms with Gasteiger partial charge in [-0.3, -0.25) is 5.10 Å². The topological polar surface area (TPSA) is 96.0 Å². The maximum atomic E-state index is 12.1. The van der Waals surface area contributed by atoms with Crippen LogP contribution in [0.15, 0.2) is 12.3 Å². The van der Waals surface area contributed by atoms with Gasteiger partial charge in [-0.2, -0.15) is 10.1 Å². The Kier molecular flexibility index (Phi) is 4.67. The van der Waals surface area contributed by atoms with Gasteiger partial charge in [0.05, 0.1) is 18.9 Å². The summed E-state index contributed by atoms with van der Waals surface area (Å²) in [4.78, 5) is 23.0. The lowest BCUT2D eigenvalue weighted by atomic mass is 10.0.